The average molecular weight is 464 g/mol. The van der Waals surface area contributed by atoms with Crippen molar-refractivity contribution in [3.8, 4) is 11.5 Å². The van der Waals surface area contributed by atoms with Gasteiger partial charge in [-0.05, 0) is 49.1 Å². The van der Waals surface area contributed by atoms with Gasteiger partial charge in [-0.25, -0.2) is 0 Å². The lowest BCUT2D eigenvalue weighted by Crippen LogP contribution is -2.44. The molecule has 1 atom stereocenters. The second kappa shape index (κ2) is 9.37. The minimum Gasteiger partial charge on any atom is -0.454 e. The minimum absolute atomic E-state index is 0.00987. The monoisotopic (exact) mass is 463 g/mol. The molecule has 2 saturated heterocycles. The predicted molar refractivity (Wildman–Crippen MR) is 127 cm³/mol. The third-order valence-corrected chi connectivity index (χ3v) is 6.95. The fourth-order valence-corrected chi connectivity index (χ4v) is 4.87. The molecule has 8 heteroatoms. The molecule has 178 valence electrons. The van der Waals surface area contributed by atoms with Gasteiger partial charge in [-0.3, -0.25) is 14.4 Å². The van der Waals surface area contributed by atoms with Crippen LogP contribution in [0.5, 0.6) is 11.5 Å². The quantitative estimate of drug-likeness (QED) is 0.736. The van der Waals surface area contributed by atoms with Crippen molar-refractivity contribution in [2.75, 3.05) is 36.6 Å². The van der Waals surface area contributed by atoms with Crippen LogP contribution < -0.4 is 19.7 Å². The van der Waals surface area contributed by atoms with E-state index >= 15 is 0 Å². The zero-order chi connectivity index (χ0) is 23.7. The Morgan fingerprint density at radius 1 is 1.00 bits per heavy atom. The van der Waals surface area contributed by atoms with Crippen LogP contribution in [0.1, 0.15) is 31.7 Å². The van der Waals surface area contributed by atoms with Crippen molar-refractivity contribution in [1.82, 2.24) is 4.90 Å². The molecule has 3 aliphatic rings. The van der Waals surface area contributed by atoms with Gasteiger partial charge in [-0.1, -0.05) is 19.1 Å². The van der Waals surface area contributed by atoms with E-state index in [0.717, 1.165) is 12.1 Å². The Labute approximate surface area is 198 Å². The predicted octanol–water partition coefficient (Wildman–Crippen LogP) is 3.21. The van der Waals surface area contributed by atoms with E-state index in [2.05, 4.69) is 12.2 Å². The Balaban J connectivity index is 1.13. The van der Waals surface area contributed by atoms with Gasteiger partial charge in [-0.2, -0.15) is 0 Å². The molecular weight excluding hydrogens is 434 g/mol. The van der Waals surface area contributed by atoms with Gasteiger partial charge >= 0.3 is 0 Å². The molecule has 2 fully saturated rings. The number of fused-ring (bicyclic) bond motifs is 1. The summed E-state index contributed by atoms with van der Waals surface area (Å²) in [6.07, 6.45) is 2.38. The Morgan fingerprint density at radius 3 is 2.47 bits per heavy atom. The molecule has 2 aromatic rings. The highest BCUT2D eigenvalue weighted by Gasteiger charge is 2.38. The van der Waals surface area contributed by atoms with Crippen LogP contribution in [0.4, 0.5) is 11.4 Å². The number of hydrogen-bond donors (Lipinski definition) is 1. The van der Waals surface area contributed by atoms with Crippen molar-refractivity contribution < 1.29 is 23.9 Å². The first-order valence-corrected chi connectivity index (χ1v) is 11.9. The van der Waals surface area contributed by atoms with E-state index in [4.69, 9.17) is 9.47 Å². The number of nitrogens with one attached hydrogen (secondary N) is 1. The molecule has 2 aromatic carbocycles. The van der Waals surface area contributed by atoms with Gasteiger partial charge < -0.3 is 24.6 Å². The van der Waals surface area contributed by atoms with Gasteiger partial charge in [-0.15, -0.1) is 0 Å². The molecular formula is C26H29N3O5. The van der Waals surface area contributed by atoms with Crippen molar-refractivity contribution in [3.63, 3.8) is 0 Å². The molecule has 34 heavy (non-hydrogen) atoms. The highest BCUT2D eigenvalue weighted by atomic mass is 16.7. The summed E-state index contributed by atoms with van der Waals surface area (Å²) < 4.78 is 10.7. The largest absolute Gasteiger partial charge is 0.454 e. The lowest BCUT2D eigenvalue weighted by Gasteiger charge is -2.33. The van der Waals surface area contributed by atoms with E-state index < -0.39 is 0 Å². The van der Waals surface area contributed by atoms with E-state index in [1.165, 1.54) is 5.56 Å². The summed E-state index contributed by atoms with van der Waals surface area (Å²) in [5.74, 6) is 0.747. The summed E-state index contributed by atoms with van der Waals surface area (Å²) in [7, 11) is 0. The maximum absolute atomic E-state index is 13.1. The van der Waals surface area contributed by atoms with Crippen LogP contribution in [0, 0.1) is 11.8 Å². The van der Waals surface area contributed by atoms with E-state index in [1.807, 2.05) is 29.2 Å². The molecule has 3 amide bonds. The molecule has 0 saturated carbocycles. The van der Waals surface area contributed by atoms with Crippen molar-refractivity contribution in [1.29, 1.82) is 0 Å². The molecule has 0 radical (unpaired) electrons. The summed E-state index contributed by atoms with van der Waals surface area (Å²) in [5, 5.41) is 2.95. The fourth-order valence-electron chi connectivity index (χ4n) is 4.87. The van der Waals surface area contributed by atoms with Crippen LogP contribution in [0.2, 0.25) is 0 Å². The number of carbonyl (C=O) groups is 3. The van der Waals surface area contributed by atoms with Crippen molar-refractivity contribution in [3.05, 3.63) is 48.0 Å². The number of ether oxygens (including phenoxy) is 2. The highest BCUT2D eigenvalue weighted by Crippen LogP contribution is 2.34. The standard InChI is InChI=1S/C26H29N3O5/c1-2-17-3-6-21(7-4-17)29-15-19(13-24(29)30)26(32)28-11-9-18(10-12-28)25(31)27-20-5-8-22-23(14-20)34-16-33-22/h3-8,14,18-19H,2,9-13,15-16H2,1H3,(H,27,31)/t19-/m0/s1. The van der Waals surface area contributed by atoms with Crippen LogP contribution in [-0.2, 0) is 20.8 Å². The number of amides is 3. The third-order valence-electron chi connectivity index (χ3n) is 6.95. The second-order valence-corrected chi connectivity index (χ2v) is 9.08. The van der Waals surface area contributed by atoms with Crippen molar-refractivity contribution in [2.45, 2.75) is 32.6 Å². The third kappa shape index (κ3) is 4.44. The van der Waals surface area contributed by atoms with Crippen LogP contribution >= 0.6 is 0 Å². The lowest BCUT2D eigenvalue weighted by atomic mass is 9.94. The number of nitrogens with zero attached hydrogens (tertiary/aromatic N) is 2. The molecule has 0 aliphatic carbocycles. The molecule has 3 aliphatic heterocycles. The van der Waals surface area contributed by atoms with Gasteiger partial charge in [0, 0.05) is 49.4 Å². The van der Waals surface area contributed by atoms with E-state index in [-0.39, 0.29) is 42.8 Å². The maximum atomic E-state index is 13.1. The molecule has 1 N–H and O–H groups in total. The Kier molecular flexibility index (Phi) is 6.13. The topological polar surface area (TPSA) is 88.2 Å². The molecule has 0 spiro atoms. The Bertz CT molecular complexity index is 1090. The highest BCUT2D eigenvalue weighted by molar-refractivity contribution is 6.00. The normalized spacial score (nSPS) is 20.0. The zero-order valence-electron chi connectivity index (χ0n) is 19.3. The first-order chi connectivity index (χ1) is 16.5. The number of piperidine rings is 1. The minimum atomic E-state index is -0.336. The summed E-state index contributed by atoms with van der Waals surface area (Å²) in [4.78, 5) is 42.0. The van der Waals surface area contributed by atoms with E-state index in [9.17, 15) is 14.4 Å². The molecule has 0 unspecified atom stereocenters. The smallest absolute Gasteiger partial charge is 0.231 e. The van der Waals surface area contributed by atoms with Crippen LogP contribution in [0.3, 0.4) is 0 Å². The number of aryl methyl sites for hydroxylation is 1. The first kappa shape index (κ1) is 22.3. The van der Waals surface area contributed by atoms with Gasteiger partial charge in [0.1, 0.15) is 0 Å². The first-order valence-electron chi connectivity index (χ1n) is 11.9. The maximum Gasteiger partial charge on any atom is 0.231 e. The zero-order valence-corrected chi connectivity index (χ0v) is 19.3. The number of likely N-dealkylation sites (tertiary alicyclic amines) is 1. The summed E-state index contributed by atoms with van der Waals surface area (Å²) in [6, 6.07) is 13.3. The van der Waals surface area contributed by atoms with Gasteiger partial charge in [0.25, 0.3) is 0 Å². The average Bonchev–Trinajstić information content (AvgIpc) is 3.50. The molecule has 0 aromatic heterocycles. The molecule has 5 rings (SSSR count). The summed E-state index contributed by atoms with van der Waals surface area (Å²) in [5.41, 5.74) is 2.73. The van der Waals surface area contributed by atoms with E-state index in [0.29, 0.717) is 49.7 Å². The molecule has 0 bridgehead atoms. The summed E-state index contributed by atoms with van der Waals surface area (Å²) in [6.45, 7) is 3.74. The van der Waals surface area contributed by atoms with E-state index in [1.54, 1.807) is 23.1 Å². The van der Waals surface area contributed by atoms with Crippen molar-refractivity contribution >= 4 is 29.1 Å². The number of carbonyl (C=O) groups excluding carboxylic acids is 3. The number of hydrogen-bond acceptors (Lipinski definition) is 5. The molecule has 3 heterocycles. The Morgan fingerprint density at radius 2 is 1.74 bits per heavy atom. The van der Waals surface area contributed by atoms with Crippen LogP contribution in [0.15, 0.2) is 42.5 Å². The van der Waals surface area contributed by atoms with Gasteiger partial charge in [0.05, 0.1) is 5.92 Å². The second-order valence-electron chi connectivity index (χ2n) is 9.08. The summed E-state index contributed by atoms with van der Waals surface area (Å²) >= 11 is 0. The Hall–Kier alpha value is -3.55. The van der Waals surface area contributed by atoms with Crippen molar-refractivity contribution in [2.24, 2.45) is 11.8 Å². The van der Waals surface area contributed by atoms with Gasteiger partial charge in [0.15, 0.2) is 11.5 Å². The van der Waals surface area contributed by atoms with Crippen LogP contribution in [-0.4, -0.2) is 49.0 Å². The number of anilines is 2. The van der Waals surface area contributed by atoms with Gasteiger partial charge in [0.2, 0.25) is 24.5 Å². The van der Waals surface area contributed by atoms with Crippen LogP contribution in [0.25, 0.3) is 0 Å². The lowest BCUT2D eigenvalue weighted by molar-refractivity contribution is -0.138. The molecule has 8 nitrogen and oxygen atoms in total. The number of rotatable bonds is 5. The fraction of sp³-hybridized carbons (Fsp3) is 0.423. The number of benzene rings is 2. The SMILES string of the molecule is CCc1ccc(N2C[C@@H](C(=O)N3CCC(C(=O)Nc4ccc5c(c4)OCO5)CC3)CC2=O)cc1.